The predicted molar refractivity (Wildman–Crippen MR) is 292 cm³/mol. The molecule has 3 nitrogen and oxygen atoms in total. The molecule has 3 heterocycles. The lowest BCUT2D eigenvalue weighted by atomic mass is 9.32. The Bertz CT molecular complexity index is 3340. The molecule has 0 unspecified atom stereocenters. The third kappa shape index (κ3) is 6.03. The molecule has 6 aromatic carbocycles. The number of fused-ring (bicyclic) bond motifs is 10. The van der Waals surface area contributed by atoms with Gasteiger partial charge in [0, 0.05) is 44.8 Å². The van der Waals surface area contributed by atoms with Crippen LogP contribution in [0.1, 0.15) is 180 Å². The van der Waals surface area contributed by atoms with Gasteiger partial charge in [0.25, 0.3) is 6.71 Å². The molecule has 7 aromatic rings. The molecule has 0 N–H and O–H groups in total. The highest BCUT2D eigenvalue weighted by Gasteiger charge is 2.50. The molecule has 0 amide bonds. The summed E-state index contributed by atoms with van der Waals surface area (Å²) in [5.74, 6) is 0. The maximum Gasteiger partial charge on any atom is 0.252 e. The van der Waals surface area contributed by atoms with E-state index in [0.717, 1.165) is 17.6 Å². The lowest BCUT2D eigenvalue weighted by Gasteiger charge is -2.48. The zero-order chi connectivity index (χ0) is 48.2. The Kier molecular flexibility index (Phi) is 8.77. The SMILES string of the molecule is Cc1cc2c3c(c1)N(c1ccc4c(oc5ccccc54)c1C(C)(C)C)c1cc4c(cc1B3c1cc3c(cc1N2c1ccc2c(c1)C(C)(C)CCC2(C)C)C(C)(C)CCC3(C)C)C(C)(C)CC4(C)C. The van der Waals surface area contributed by atoms with E-state index in [-0.39, 0.29) is 44.6 Å². The number of aryl methyl sites for hydroxylation is 1. The average molecular weight is 897 g/mol. The summed E-state index contributed by atoms with van der Waals surface area (Å²) in [4.78, 5) is 5.41. The second-order valence-electron chi connectivity index (χ2n) is 27.1. The number of anilines is 6. The van der Waals surface area contributed by atoms with E-state index in [9.17, 15) is 0 Å². The van der Waals surface area contributed by atoms with E-state index in [2.05, 4.69) is 212 Å². The number of benzene rings is 6. The number of rotatable bonds is 2. The first-order valence-electron chi connectivity index (χ1n) is 25.9. The zero-order valence-corrected chi connectivity index (χ0v) is 44.1. The number of hydrogen-bond acceptors (Lipinski definition) is 3. The van der Waals surface area contributed by atoms with Gasteiger partial charge in [-0.25, -0.2) is 0 Å². The van der Waals surface area contributed by atoms with Crippen LogP contribution >= 0.6 is 0 Å². The molecule has 3 aliphatic carbocycles. The van der Waals surface area contributed by atoms with Crippen molar-refractivity contribution in [1.29, 1.82) is 0 Å². The van der Waals surface area contributed by atoms with Gasteiger partial charge in [0.05, 0.1) is 5.69 Å². The van der Waals surface area contributed by atoms with Crippen molar-refractivity contribution in [2.75, 3.05) is 9.80 Å². The van der Waals surface area contributed by atoms with Crippen molar-refractivity contribution in [2.24, 2.45) is 0 Å². The Labute approximate surface area is 407 Å². The van der Waals surface area contributed by atoms with E-state index in [4.69, 9.17) is 4.42 Å². The van der Waals surface area contributed by atoms with Crippen LogP contribution in [0.25, 0.3) is 21.9 Å². The van der Waals surface area contributed by atoms with Gasteiger partial charge < -0.3 is 14.2 Å². The van der Waals surface area contributed by atoms with Crippen LogP contribution in [0.5, 0.6) is 0 Å². The molecule has 68 heavy (non-hydrogen) atoms. The molecular formula is C64H73BN2O. The summed E-state index contributed by atoms with van der Waals surface area (Å²) in [6.45, 7) is 39.2. The fourth-order valence-corrected chi connectivity index (χ4v) is 14.6. The summed E-state index contributed by atoms with van der Waals surface area (Å²) < 4.78 is 7.01. The minimum Gasteiger partial charge on any atom is -0.456 e. The van der Waals surface area contributed by atoms with Crippen LogP contribution in [0.15, 0.2) is 95.4 Å². The number of furan rings is 1. The number of nitrogens with zero attached hydrogens (tertiary/aromatic N) is 2. The first-order chi connectivity index (χ1) is 31.7. The van der Waals surface area contributed by atoms with Crippen molar-refractivity contribution in [3.63, 3.8) is 0 Å². The standard InChI is InChI=1S/C64H73BN2O/c1-37-29-52-56-53(30-37)67(49-24-22-40-39-19-17-18-20-54(39)68-57(40)55(49)58(2,3)4)51-35-46-44(63(13,14)36-64(46,15)16)33-48(51)65(56)47-32-43-45(62(11,12)28-27-61(43,9)10)34-50(47)66(52)38-21-23-41-42(31-38)60(7,8)26-25-59(41,5)6/h17-24,29-35H,25-28,36H2,1-16H3. The molecule has 0 bridgehead atoms. The molecular weight excluding hydrogens is 824 g/mol. The highest BCUT2D eigenvalue weighted by Crippen LogP contribution is 2.56. The summed E-state index contributed by atoms with van der Waals surface area (Å²) in [5, 5.41) is 2.35. The van der Waals surface area contributed by atoms with Gasteiger partial charge in [0.2, 0.25) is 0 Å². The Hall–Kier alpha value is -5.22. The fraction of sp³-hybridized carbons (Fsp3) is 0.438. The van der Waals surface area contributed by atoms with Gasteiger partial charge in [-0.1, -0.05) is 140 Å². The predicted octanol–water partition coefficient (Wildman–Crippen LogP) is 15.9. The molecule has 0 saturated heterocycles. The van der Waals surface area contributed by atoms with Crippen molar-refractivity contribution in [2.45, 2.75) is 181 Å². The molecule has 0 saturated carbocycles. The van der Waals surface area contributed by atoms with E-state index in [1.54, 1.807) is 0 Å². The lowest BCUT2D eigenvalue weighted by Crippen LogP contribution is -2.62. The summed E-state index contributed by atoms with van der Waals surface area (Å²) in [5.41, 5.74) is 25.6. The molecule has 0 radical (unpaired) electrons. The molecule has 1 aromatic heterocycles. The normalized spacial score (nSPS) is 20.7. The van der Waals surface area contributed by atoms with E-state index in [1.165, 1.54) is 131 Å². The minimum atomic E-state index is -0.235. The van der Waals surface area contributed by atoms with Crippen LogP contribution in [0.4, 0.5) is 34.1 Å². The molecule has 0 atom stereocenters. The molecule has 0 spiro atoms. The number of para-hydroxylation sites is 1. The third-order valence-electron chi connectivity index (χ3n) is 18.3. The zero-order valence-electron chi connectivity index (χ0n) is 44.1. The highest BCUT2D eigenvalue weighted by atomic mass is 16.3. The van der Waals surface area contributed by atoms with Gasteiger partial charge >= 0.3 is 0 Å². The van der Waals surface area contributed by atoms with Crippen LogP contribution in [0, 0.1) is 6.92 Å². The van der Waals surface area contributed by atoms with E-state index < -0.39 is 0 Å². The Balaban J connectivity index is 1.23. The summed E-state index contributed by atoms with van der Waals surface area (Å²) in [6, 6.07) is 36.7. The van der Waals surface area contributed by atoms with E-state index in [0.29, 0.717) is 0 Å². The maximum absolute atomic E-state index is 7.01. The van der Waals surface area contributed by atoms with Crippen LogP contribution in [0.2, 0.25) is 0 Å². The van der Waals surface area contributed by atoms with Crippen molar-refractivity contribution in [3.05, 3.63) is 136 Å². The highest BCUT2D eigenvalue weighted by molar-refractivity contribution is 7.00. The minimum absolute atomic E-state index is 0.0257. The topological polar surface area (TPSA) is 19.6 Å². The van der Waals surface area contributed by atoms with Crippen LogP contribution in [-0.2, 0) is 37.9 Å². The molecule has 0 fully saturated rings. The average Bonchev–Trinajstić information content (AvgIpc) is 3.71. The van der Waals surface area contributed by atoms with Crippen molar-refractivity contribution in [1.82, 2.24) is 0 Å². The van der Waals surface area contributed by atoms with Gasteiger partial charge in [-0.15, -0.1) is 0 Å². The Morgan fingerprint density at radius 2 is 0.971 bits per heavy atom. The molecule has 348 valence electrons. The third-order valence-corrected chi connectivity index (χ3v) is 18.3. The monoisotopic (exact) mass is 897 g/mol. The largest absolute Gasteiger partial charge is 0.456 e. The van der Waals surface area contributed by atoms with Gasteiger partial charge in [0.1, 0.15) is 11.2 Å². The maximum atomic E-state index is 7.01. The molecule has 5 aliphatic rings. The fourth-order valence-electron chi connectivity index (χ4n) is 14.6. The molecule has 2 aliphatic heterocycles. The van der Waals surface area contributed by atoms with Crippen molar-refractivity contribution >= 4 is 79.2 Å². The summed E-state index contributed by atoms with van der Waals surface area (Å²) >= 11 is 0. The summed E-state index contributed by atoms with van der Waals surface area (Å²) in [7, 11) is 0. The molecule has 4 heteroatoms. The van der Waals surface area contributed by atoms with Gasteiger partial charge in [0.15, 0.2) is 0 Å². The summed E-state index contributed by atoms with van der Waals surface area (Å²) in [6.07, 6.45) is 5.85. The first-order valence-corrected chi connectivity index (χ1v) is 25.9. The lowest BCUT2D eigenvalue weighted by molar-refractivity contribution is 0.332. The van der Waals surface area contributed by atoms with Crippen LogP contribution in [-0.4, -0.2) is 6.71 Å². The first kappa shape index (κ1) is 44.0. The van der Waals surface area contributed by atoms with Crippen LogP contribution in [0.3, 0.4) is 0 Å². The Morgan fingerprint density at radius 1 is 0.471 bits per heavy atom. The van der Waals surface area contributed by atoms with Gasteiger partial charge in [-0.2, -0.15) is 0 Å². The quantitative estimate of drug-likeness (QED) is 0.161. The van der Waals surface area contributed by atoms with Crippen molar-refractivity contribution < 1.29 is 4.42 Å². The van der Waals surface area contributed by atoms with Gasteiger partial charge in [-0.3, -0.25) is 0 Å². The van der Waals surface area contributed by atoms with E-state index in [1.807, 2.05) is 0 Å². The Morgan fingerprint density at radius 3 is 1.57 bits per heavy atom. The molecule has 12 rings (SSSR count). The second kappa shape index (κ2) is 13.6. The van der Waals surface area contributed by atoms with E-state index >= 15 is 0 Å². The smallest absolute Gasteiger partial charge is 0.252 e. The number of hydrogen-bond donors (Lipinski definition) is 0. The van der Waals surface area contributed by atoms with Crippen molar-refractivity contribution in [3.8, 4) is 0 Å². The second-order valence-corrected chi connectivity index (χ2v) is 27.1. The van der Waals surface area contributed by atoms with Gasteiger partial charge in [-0.05, 0) is 187 Å². The van der Waals surface area contributed by atoms with Crippen LogP contribution < -0.4 is 26.2 Å².